The molecule has 0 aliphatic carbocycles. The molecule has 0 radical (unpaired) electrons. The van der Waals surface area contributed by atoms with Crippen molar-refractivity contribution in [1.82, 2.24) is 4.98 Å². The second kappa shape index (κ2) is 5.34. The van der Waals surface area contributed by atoms with Gasteiger partial charge >= 0.3 is 5.63 Å². The number of halogens is 1. The average molecular weight is 372 g/mol. The number of hydrogen-bond donors (Lipinski definition) is 0. The van der Waals surface area contributed by atoms with E-state index >= 15 is 0 Å². The molecule has 2 aromatic carbocycles. The summed E-state index contributed by atoms with van der Waals surface area (Å²) in [4.78, 5) is 16.8. The van der Waals surface area contributed by atoms with Gasteiger partial charge in [-0.2, -0.15) is 0 Å². The molecule has 2 aromatic heterocycles. The predicted molar refractivity (Wildman–Crippen MR) is 93.7 cm³/mol. The lowest BCUT2D eigenvalue weighted by Gasteiger charge is -2.01. The van der Waals surface area contributed by atoms with Gasteiger partial charge in [-0.3, -0.25) is 0 Å². The van der Waals surface area contributed by atoms with E-state index in [1.54, 1.807) is 0 Å². The summed E-state index contributed by atoms with van der Waals surface area (Å²) in [6.45, 7) is 0. The van der Waals surface area contributed by atoms with E-state index in [0.29, 0.717) is 16.2 Å². The van der Waals surface area contributed by atoms with Crippen LogP contribution < -0.4 is 5.63 Å². The fourth-order valence-corrected chi connectivity index (χ4v) is 3.69. The Kier molecular flexibility index (Phi) is 3.32. The van der Waals surface area contributed by atoms with Crippen molar-refractivity contribution in [2.45, 2.75) is 5.33 Å². The number of rotatable bonds is 2. The van der Waals surface area contributed by atoms with Crippen LogP contribution in [0.2, 0.25) is 0 Å². The van der Waals surface area contributed by atoms with E-state index < -0.39 is 0 Å². The summed E-state index contributed by atoms with van der Waals surface area (Å²) in [5.74, 6) is 0. The zero-order chi connectivity index (χ0) is 15.1. The molecule has 0 spiro atoms. The first kappa shape index (κ1) is 13.7. The van der Waals surface area contributed by atoms with Crippen LogP contribution in [0.4, 0.5) is 0 Å². The minimum Gasteiger partial charge on any atom is -0.422 e. The molecule has 2 heterocycles. The fraction of sp³-hybridized carbons (Fsp3) is 0.0588. The summed E-state index contributed by atoms with van der Waals surface area (Å²) in [5, 5.41) is 2.33. The van der Waals surface area contributed by atoms with Gasteiger partial charge in [-0.25, -0.2) is 9.78 Å². The topological polar surface area (TPSA) is 43.1 Å². The summed E-state index contributed by atoms with van der Waals surface area (Å²) in [6.07, 6.45) is 0. The summed E-state index contributed by atoms with van der Waals surface area (Å²) < 4.78 is 6.54. The molecule has 0 saturated carbocycles. The van der Waals surface area contributed by atoms with Gasteiger partial charge < -0.3 is 4.42 Å². The van der Waals surface area contributed by atoms with Gasteiger partial charge in [0, 0.05) is 10.7 Å². The summed E-state index contributed by atoms with van der Waals surface area (Å²) >= 11 is 4.91. The molecule has 0 aliphatic heterocycles. The quantitative estimate of drug-likeness (QED) is 0.369. The van der Waals surface area contributed by atoms with E-state index in [1.807, 2.05) is 48.5 Å². The first-order chi connectivity index (χ1) is 10.7. The highest BCUT2D eigenvalue weighted by Crippen LogP contribution is 2.30. The van der Waals surface area contributed by atoms with E-state index in [0.717, 1.165) is 26.5 Å². The molecule has 0 atom stereocenters. The van der Waals surface area contributed by atoms with Gasteiger partial charge in [0.1, 0.15) is 10.6 Å². The van der Waals surface area contributed by atoms with Crippen LogP contribution >= 0.6 is 27.3 Å². The molecule has 0 unspecified atom stereocenters. The lowest BCUT2D eigenvalue weighted by molar-refractivity contribution is 0.563. The summed E-state index contributed by atoms with van der Waals surface area (Å²) in [7, 11) is 0. The number of nitrogens with zero attached hydrogens (tertiary/aromatic N) is 1. The smallest absolute Gasteiger partial charge is 0.346 e. The van der Waals surface area contributed by atoms with Crippen molar-refractivity contribution < 1.29 is 4.42 Å². The number of fused-ring (bicyclic) bond motifs is 2. The molecule has 0 fully saturated rings. The van der Waals surface area contributed by atoms with Crippen LogP contribution in [0.15, 0.2) is 57.7 Å². The van der Waals surface area contributed by atoms with Gasteiger partial charge in [-0.1, -0.05) is 40.2 Å². The number of para-hydroxylation sites is 1. The Labute approximate surface area is 138 Å². The molecule has 0 saturated heterocycles. The maximum Gasteiger partial charge on any atom is 0.346 e. The Morgan fingerprint density at radius 1 is 1.14 bits per heavy atom. The van der Waals surface area contributed by atoms with Crippen LogP contribution in [0.5, 0.6) is 0 Å². The first-order valence-electron chi connectivity index (χ1n) is 6.73. The molecular formula is C17H10BrNO2S. The largest absolute Gasteiger partial charge is 0.422 e. The van der Waals surface area contributed by atoms with E-state index in [1.165, 1.54) is 11.3 Å². The highest BCUT2D eigenvalue weighted by atomic mass is 79.9. The fourth-order valence-electron chi connectivity index (χ4n) is 2.38. The minimum absolute atomic E-state index is 0.349. The Morgan fingerprint density at radius 2 is 2.00 bits per heavy atom. The van der Waals surface area contributed by atoms with Crippen molar-refractivity contribution in [2.24, 2.45) is 0 Å². The highest BCUT2D eigenvalue weighted by Gasteiger charge is 2.12. The SMILES string of the molecule is O=c1oc2cc(CBr)ccc2cc1-c1nc2ccccc2s1. The third-order valence-electron chi connectivity index (χ3n) is 3.48. The van der Waals surface area contributed by atoms with Crippen molar-refractivity contribution in [2.75, 3.05) is 0 Å². The molecule has 4 aromatic rings. The van der Waals surface area contributed by atoms with Gasteiger partial charge in [0.2, 0.25) is 0 Å². The maximum absolute atomic E-state index is 12.3. The molecule has 5 heteroatoms. The molecule has 0 N–H and O–H groups in total. The van der Waals surface area contributed by atoms with E-state index in [4.69, 9.17) is 4.42 Å². The lowest BCUT2D eigenvalue weighted by atomic mass is 10.1. The molecule has 4 rings (SSSR count). The number of hydrogen-bond acceptors (Lipinski definition) is 4. The molecule has 0 aliphatic rings. The lowest BCUT2D eigenvalue weighted by Crippen LogP contribution is -2.02. The molecule has 0 bridgehead atoms. The predicted octanol–water partition coefficient (Wildman–Crippen LogP) is 4.96. The molecule has 0 amide bonds. The van der Waals surface area contributed by atoms with Gasteiger partial charge in [-0.05, 0) is 29.8 Å². The van der Waals surface area contributed by atoms with E-state index in [9.17, 15) is 4.79 Å². The summed E-state index contributed by atoms with van der Waals surface area (Å²) in [5.41, 5.74) is 2.74. The molecule has 22 heavy (non-hydrogen) atoms. The van der Waals surface area contributed by atoms with Crippen LogP contribution in [0.3, 0.4) is 0 Å². The van der Waals surface area contributed by atoms with Crippen molar-refractivity contribution in [3.8, 4) is 10.6 Å². The van der Waals surface area contributed by atoms with Crippen LogP contribution in [0, 0.1) is 0 Å². The number of benzene rings is 2. The number of alkyl halides is 1. The Hall–Kier alpha value is -1.98. The van der Waals surface area contributed by atoms with Crippen LogP contribution in [-0.4, -0.2) is 4.98 Å². The van der Waals surface area contributed by atoms with Crippen LogP contribution in [0.1, 0.15) is 5.56 Å². The van der Waals surface area contributed by atoms with Gasteiger partial charge in [0.25, 0.3) is 0 Å². The minimum atomic E-state index is -0.349. The Bertz CT molecular complexity index is 1020. The maximum atomic E-state index is 12.3. The average Bonchev–Trinajstić information content (AvgIpc) is 2.97. The molecule has 3 nitrogen and oxygen atoms in total. The Morgan fingerprint density at radius 3 is 2.82 bits per heavy atom. The molecular weight excluding hydrogens is 362 g/mol. The van der Waals surface area contributed by atoms with Crippen LogP contribution in [-0.2, 0) is 5.33 Å². The third-order valence-corrected chi connectivity index (χ3v) is 5.20. The van der Waals surface area contributed by atoms with Crippen molar-refractivity contribution >= 4 is 48.5 Å². The van der Waals surface area contributed by atoms with Crippen molar-refractivity contribution in [1.29, 1.82) is 0 Å². The van der Waals surface area contributed by atoms with E-state index in [2.05, 4.69) is 20.9 Å². The van der Waals surface area contributed by atoms with Gasteiger partial charge in [0.05, 0.1) is 15.8 Å². The van der Waals surface area contributed by atoms with Crippen molar-refractivity contribution in [3.05, 3.63) is 64.5 Å². The third kappa shape index (κ3) is 2.26. The first-order valence-corrected chi connectivity index (χ1v) is 8.67. The second-order valence-corrected chi connectivity index (χ2v) is 6.53. The molecule has 108 valence electrons. The zero-order valence-electron chi connectivity index (χ0n) is 11.4. The second-order valence-electron chi connectivity index (χ2n) is 4.94. The van der Waals surface area contributed by atoms with Gasteiger partial charge in [0.15, 0.2) is 0 Å². The van der Waals surface area contributed by atoms with E-state index in [-0.39, 0.29) is 5.63 Å². The number of aromatic nitrogens is 1. The highest BCUT2D eigenvalue weighted by molar-refractivity contribution is 9.08. The zero-order valence-corrected chi connectivity index (χ0v) is 13.8. The van der Waals surface area contributed by atoms with Crippen LogP contribution in [0.25, 0.3) is 31.8 Å². The number of thiazole rings is 1. The summed E-state index contributed by atoms with van der Waals surface area (Å²) in [6, 6.07) is 15.6. The monoisotopic (exact) mass is 371 g/mol. The normalized spacial score (nSPS) is 11.3. The van der Waals surface area contributed by atoms with Crippen molar-refractivity contribution in [3.63, 3.8) is 0 Å². The Balaban J connectivity index is 1.94. The standard InChI is InChI=1S/C17H10BrNO2S/c18-9-10-5-6-11-8-12(17(20)21-14(11)7-10)16-19-13-3-1-2-4-15(13)22-16/h1-8H,9H2. The van der Waals surface area contributed by atoms with Gasteiger partial charge in [-0.15, -0.1) is 11.3 Å².